The average molecular weight is 376 g/mol. The van der Waals surface area contributed by atoms with E-state index in [2.05, 4.69) is 15.5 Å². The van der Waals surface area contributed by atoms with Crippen LogP contribution in [0.2, 0.25) is 0 Å². The van der Waals surface area contributed by atoms with Gasteiger partial charge in [-0.25, -0.2) is 0 Å². The predicted octanol–water partition coefficient (Wildman–Crippen LogP) is 2.18. The van der Waals surface area contributed by atoms with Crippen LogP contribution in [0.4, 0.5) is 11.4 Å². The zero-order chi connectivity index (χ0) is 19.8. The van der Waals surface area contributed by atoms with Gasteiger partial charge in [0.25, 0.3) is 5.56 Å². The maximum absolute atomic E-state index is 12.5. The number of fused-ring (bicyclic) bond motifs is 3. The Kier molecular flexibility index (Phi) is 4.31. The molecule has 8 heteroatoms. The molecule has 2 aromatic heterocycles. The lowest BCUT2D eigenvalue weighted by molar-refractivity contribution is -0.116. The third-order valence-corrected chi connectivity index (χ3v) is 4.87. The second-order valence-corrected chi connectivity index (χ2v) is 6.61. The summed E-state index contributed by atoms with van der Waals surface area (Å²) in [5.41, 5.74) is 2.40. The van der Waals surface area contributed by atoms with Crippen LogP contribution in [0, 0.1) is 0 Å². The molecule has 2 heterocycles. The maximum atomic E-state index is 12.5. The van der Waals surface area contributed by atoms with Crippen LogP contribution in [0.5, 0.6) is 0 Å². The topological polar surface area (TPSA) is 84.5 Å². The van der Waals surface area contributed by atoms with Gasteiger partial charge < -0.3 is 10.2 Å². The van der Waals surface area contributed by atoms with Crippen molar-refractivity contribution in [3.8, 4) is 0 Å². The first-order chi connectivity index (χ1) is 13.5. The smallest absolute Gasteiger partial charge is 0.262 e. The van der Waals surface area contributed by atoms with E-state index < -0.39 is 0 Å². The molecule has 1 amide bonds. The lowest BCUT2D eigenvalue weighted by Gasteiger charge is -2.15. The van der Waals surface area contributed by atoms with Gasteiger partial charge in [0, 0.05) is 32.4 Å². The van der Waals surface area contributed by atoms with Crippen LogP contribution in [-0.2, 0) is 18.4 Å². The molecule has 142 valence electrons. The van der Waals surface area contributed by atoms with Crippen LogP contribution in [0.15, 0.2) is 53.3 Å². The molecule has 0 radical (unpaired) electrons. The number of amides is 1. The highest BCUT2D eigenvalue weighted by atomic mass is 16.2. The van der Waals surface area contributed by atoms with E-state index in [-0.39, 0.29) is 11.5 Å². The molecule has 0 fully saturated rings. The number of anilines is 2. The number of benzene rings is 2. The van der Waals surface area contributed by atoms with E-state index in [0.29, 0.717) is 23.5 Å². The van der Waals surface area contributed by atoms with Crippen LogP contribution in [-0.4, -0.2) is 32.1 Å². The first kappa shape index (κ1) is 17.7. The standard InChI is InChI=1S/C20H20N6O2/c1-13(27)24(2)15-10-8-14(9-11-15)21-12-18-22-23-20-25(3)19(28)16-6-4-5-7-17(16)26(18)20/h4-11,21H,12H2,1-3H3. The molecular formula is C20H20N6O2. The molecule has 1 N–H and O–H groups in total. The fourth-order valence-corrected chi connectivity index (χ4v) is 3.17. The maximum Gasteiger partial charge on any atom is 0.262 e. The summed E-state index contributed by atoms with van der Waals surface area (Å²) in [5.74, 6) is 1.18. The average Bonchev–Trinajstić information content (AvgIpc) is 3.14. The van der Waals surface area contributed by atoms with E-state index in [0.717, 1.165) is 16.9 Å². The van der Waals surface area contributed by atoms with Crippen LogP contribution in [0.3, 0.4) is 0 Å². The number of carbonyl (C=O) groups is 1. The van der Waals surface area contributed by atoms with Gasteiger partial charge in [0.2, 0.25) is 11.7 Å². The molecule has 4 aromatic rings. The molecule has 4 rings (SSSR count). The number of hydrogen-bond donors (Lipinski definition) is 1. The number of carbonyl (C=O) groups excluding carboxylic acids is 1. The number of aryl methyl sites for hydroxylation is 1. The first-order valence-electron chi connectivity index (χ1n) is 8.87. The summed E-state index contributed by atoms with van der Waals surface area (Å²) in [4.78, 5) is 25.6. The van der Waals surface area contributed by atoms with Gasteiger partial charge >= 0.3 is 0 Å². The van der Waals surface area contributed by atoms with Crippen molar-refractivity contribution in [2.45, 2.75) is 13.5 Å². The molecule has 0 aliphatic rings. The third-order valence-electron chi connectivity index (χ3n) is 4.87. The van der Waals surface area contributed by atoms with E-state index in [1.807, 2.05) is 46.9 Å². The zero-order valence-corrected chi connectivity index (χ0v) is 15.9. The lowest BCUT2D eigenvalue weighted by atomic mass is 10.2. The Morgan fingerprint density at radius 2 is 1.82 bits per heavy atom. The molecule has 8 nitrogen and oxygen atoms in total. The van der Waals surface area contributed by atoms with Crippen LogP contribution >= 0.6 is 0 Å². The van der Waals surface area contributed by atoms with Crippen molar-refractivity contribution in [1.82, 2.24) is 19.2 Å². The van der Waals surface area contributed by atoms with Crippen molar-refractivity contribution in [1.29, 1.82) is 0 Å². The Bertz CT molecular complexity index is 1240. The highest BCUT2D eigenvalue weighted by Crippen LogP contribution is 2.18. The predicted molar refractivity (Wildman–Crippen MR) is 109 cm³/mol. The highest BCUT2D eigenvalue weighted by molar-refractivity contribution is 5.91. The summed E-state index contributed by atoms with van der Waals surface area (Å²) >= 11 is 0. The molecule has 0 unspecified atom stereocenters. The molecule has 0 atom stereocenters. The van der Waals surface area contributed by atoms with Crippen molar-refractivity contribution in [3.05, 3.63) is 64.7 Å². The Labute approximate surface area is 161 Å². The minimum Gasteiger partial charge on any atom is -0.378 e. The van der Waals surface area contributed by atoms with Crippen LogP contribution in [0.1, 0.15) is 12.7 Å². The fraction of sp³-hybridized carbons (Fsp3) is 0.200. The number of aromatic nitrogens is 4. The fourth-order valence-electron chi connectivity index (χ4n) is 3.17. The SMILES string of the molecule is CC(=O)N(C)c1ccc(NCc2nnc3n(C)c(=O)c4ccccc4n23)cc1. The molecule has 0 bridgehead atoms. The van der Waals surface area contributed by atoms with Gasteiger partial charge in [0.05, 0.1) is 17.4 Å². The van der Waals surface area contributed by atoms with Gasteiger partial charge in [-0.3, -0.25) is 18.6 Å². The molecule has 0 saturated heterocycles. The first-order valence-corrected chi connectivity index (χ1v) is 8.87. The summed E-state index contributed by atoms with van der Waals surface area (Å²) < 4.78 is 3.40. The largest absolute Gasteiger partial charge is 0.378 e. The lowest BCUT2D eigenvalue weighted by Crippen LogP contribution is -2.22. The van der Waals surface area contributed by atoms with Crippen LogP contribution < -0.4 is 15.8 Å². The zero-order valence-electron chi connectivity index (χ0n) is 15.9. The monoisotopic (exact) mass is 376 g/mol. The quantitative estimate of drug-likeness (QED) is 0.590. The van der Waals surface area contributed by atoms with Gasteiger partial charge in [-0.2, -0.15) is 0 Å². The summed E-state index contributed by atoms with van der Waals surface area (Å²) in [6, 6.07) is 15.0. The van der Waals surface area contributed by atoms with Crippen molar-refractivity contribution >= 4 is 34.0 Å². The second-order valence-electron chi connectivity index (χ2n) is 6.61. The second kappa shape index (κ2) is 6.80. The Hall–Kier alpha value is -3.68. The molecular weight excluding hydrogens is 356 g/mol. The Balaban J connectivity index is 1.66. The van der Waals surface area contributed by atoms with Gasteiger partial charge in [-0.1, -0.05) is 12.1 Å². The van der Waals surface area contributed by atoms with Crippen molar-refractivity contribution in [2.75, 3.05) is 17.3 Å². The Morgan fingerprint density at radius 3 is 2.54 bits per heavy atom. The number of nitrogens with one attached hydrogen (secondary N) is 1. The van der Waals surface area contributed by atoms with E-state index in [9.17, 15) is 9.59 Å². The molecule has 0 spiro atoms. The minimum atomic E-state index is -0.0970. The summed E-state index contributed by atoms with van der Waals surface area (Å²) in [5, 5.41) is 12.4. The summed E-state index contributed by atoms with van der Waals surface area (Å²) in [7, 11) is 3.43. The molecule has 0 saturated carbocycles. The molecule has 2 aromatic carbocycles. The minimum absolute atomic E-state index is 0.0203. The summed E-state index contributed by atoms with van der Waals surface area (Å²) in [6.45, 7) is 1.96. The normalized spacial score (nSPS) is 11.1. The number of para-hydroxylation sites is 1. The van der Waals surface area contributed by atoms with E-state index >= 15 is 0 Å². The molecule has 28 heavy (non-hydrogen) atoms. The van der Waals surface area contributed by atoms with E-state index in [1.165, 1.54) is 11.5 Å². The van der Waals surface area contributed by atoms with Crippen LogP contribution in [0.25, 0.3) is 16.7 Å². The third kappa shape index (κ3) is 2.88. The van der Waals surface area contributed by atoms with Gasteiger partial charge in [0.15, 0.2) is 5.82 Å². The van der Waals surface area contributed by atoms with Gasteiger partial charge in [-0.05, 0) is 36.4 Å². The molecule has 0 aliphatic heterocycles. The number of nitrogens with zero attached hydrogens (tertiary/aromatic N) is 5. The molecule has 0 aliphatic carbocycles. The number of hydrogen-bond acceptors (Lipinski definition) is 5. The number of rotatable bonds is 4. The van der Waals surface area contributed by atoms with E-state index in [1.54, 1.807) is 25.1 Å². The van der Waals surface area contributed by atoms with E-state index in [4.69, 9.17) is 0 Å². The summed E-state index contributed by atoms with van der Waals surface area (Å²) in [6.07, 6.45) is 0. The highest BCUT2D eigenvalue weighted by Gasteiger charge is 2.14. The Morgan fingerprint density at radius 1 is 1.11 bits per heavy atom. The van der Waals surface area contributed by atoms with Crippen molar-refractivity contribution in [2.24, 2.45) is 7.05 Å². The van der Waals surface area contributed by atoms with Crippen molar-refractivity contribution < 1.29 is 4.79 Å². The van der Waals surface area contributed by atoms with Crippen molar-refractivity contribution in [3.63, 3.8) is 0 Å². The van der Waals surface area contributed by atoms with Gasteiger partial charge in [0.1, 0.15) is 0 Å². The van der Waals surface area contributed by atoms with Gasteiger partial charge in [-0.15, -0.1) is 10.2 Å².